The first-order valence-electron chi connectivity index (χ1n) is 27.1. The summed E-state index contributed by atoms with van der Waals surface area (Å²) >= 11 is 0. The smallest absolute Gasteiger partial charge is 0.246 e. The molecule has 0 unspecified atom stereocenters. The highest BCUT2D eigenvalue weighted by molar-refractivity contribution is 8.77. The number of likely N-dealkylation sites (tertiary alicyclic amines) is 1. The van der Waals surface area contributed by atoms with Gasteiger partial charge in [0.1, 0.15) is 42.3 Å². The molecular formula is C55H74N12O11S2. The van der Waals surface area contributed by atoms with E-state index in [0.29, 0.717) is 44.2 Å². The van der Waals surface area contributed by atoms with Gasteiger partial charge >= 0.3 is 0 Å². The summed E-state index contributed by atoms with van der Waals surface area (Å²) < 4.78 is -0.728. The van der Waals surface area contributed by atoms with Crippen LogP contribution in [0.1, 0.15) is 101 Å². The lowest BCUT2D eigenvalue weighted by atomic mass is 9.85. The first-order valence-corrected chi connectivity index (χ1v) is 29.4. The van der Waals surface area contributed by atoms with Gasteiger partial charge in [0, 0.05) is 42.7 Å². The van der Waals surface area contributed by atoms with Crippen LogP contribution < -0.4 is 60.2 Å². The maximum atomic E-state index is 15.0. The van der Waals surface area contributed by atoms with Gasteiger partial charge in [-0.3, -0.25) is 52.7 Å². The molecule has 7 atom stereocenters. The molecule has 0 radical (unpaired) electrons. The van der Waals surface area contributed by atoms with Gasteiger partial charge in [-0.25, -0.2) is 0 Å². The van der Waals surface area contributed by atoms with Gasteiger partial charge in [-0.05, 0) is 79.8 Å². The first-order chi connectivity index (χ1) is 38.3. The fourth-order valence-corrected chi connectivity index (χ4v) is 13.6. The van der Waals surface area contributed by atoms with Crippen LogP contribution in [-0.4, -0.2) is 142 Å². The normalized spacial score (nSPS) is 22.8. The molecule has 2 heterocycles. The second kappa shape index (κ2) is 30.4. The zero-order valence-electron chi connectivity index (χ0n) is 44.7. The third-order valence-electron chi connectivity index (χ3n) is 14.4. The Hall–Kier alpha value is -7.25. The van der Waals surface area contributed by atoms with E-state index in [2.05, 4.69) is 37.2 Å². The van der Waals surface area contributed by atoms with Crippen LogP contribution in [0.25, 0.3) is 10.8 Å². The molecular weight excluding hydrogens is 1070 g/mol. The van der Waals surface area contributed by atoms with Crippen molar-refractivity contribution in [1.29, 1.82) is 0 Å². The summed E-state index contributed by atoms with van der Waals surface area (Å²) in [6, 6.07) is 12.4. The average Bonchev–Trinajstić information content (AvgIpc) is 3.93. The Bertz CT molecular complexity index is 2730. The Morgan fingerprint density at radius 1 is 0.688 bits per heavy atom. The Morgan fingerprint density at radius 3 is 2.04 bits per heavy atom. The van der Waals surface area contributed by atoms with E-state index in [4.69, 9.17) is 22.9 Å². The minimum absolute atomic E-state index is 0.0226. The zero-order chi connectivity index (χ0) is 57.8. The Kier molecular flexibility index (Phi) is 23.5. The Morgan fingerprint density at radius 2 is 1.34 bits per heavy atom. The number of nitrogens with two attached hydrogens (primary N) is 4. The SMILES string of the molecule is NCCCC[C@H](NC(=O)[C@@H]1CCCN1C(=O)[C@@H]1CSSC2(CCCCC2)CC(=O)N[C@@H](Cc2cccc3ccccc23)C(=O)N[C@@H](Cc2ccccc2)C(=O)N[C@@H](CCC(N)=O)C(=O)N[C@@H](CC(N)=O)C(=O)N1)C(=O)NCC(N)=O. The van der Waals surface area contributed by atoms with Crippen LogP contribution in [0.5, 0.6) is 0 Å². The number of rotatable bonds is 19. The summed E-state index contributed by atoms with van der Waals surface area (Å²) in [5.74, 6) is -8.93. The number of nitrogens with one attached hydrogen (secondary N) is 7. The van der Waals surface area contributed by atoms with Crippen LogP contribution in [0, 0.1) is 0 Å². The number of hydrogen-bond donors (Lipinski definition) is 11. The Balaban J connectivity index is 1.38. The number of carbonyl (C=O) groups excluding carboxylic acids is 11. The topological polar surface area (TPSA) is 379 Å². The van der Waals surface area contributed by atoms with E-state index in [1.807, 2.05) is 42.5 Å². The van der Waals surface area contributed by atoms with E-state index in [1.165, 1.54) is 26.5 Å². The molecule has 3 aromatic rings. The lowest BCUT2D eigenvalue weighted by Crippen LogP contribution is -2.61. The van der Waals surface area contributed by atoms with Crippen molar-refractivity contribution in [3.8, 4) is 0 Å². The third kappa shape index (κ3) is 18.4. The molecule has 11 amide bonds. The number of unbranched alkanes of at least 4 members (excludes halogenated alkanes) is 1. The predicted molar refractivity (Wildman–Crippen MR) is 302 cm³/mol. The van der Waals surface area contributed by atoms with Crippen LogP contribution in [0.2, 0.25) is 0 Å². The summed E-state index contributed by atoms with van der Waals surface area (Å²) in [6.45, 7) is -0.0831. The van der Waals surface area contributed by atoms with Gasteiger partial charge in [0.25, 0.3) is 0 Å². The minimum atomic E-state index is -1.75. The van der Waals surface area contributed by atoms with E-state index < -0.39 is 131 Å². The molecule has 3 fully saturated rings. The van der Waals surface area contributed by atoms with Gasteiger partial charge < -0.3 is 65.1 Å². The molecule has 15 N–H and O–H groups in total. The van der Waals surface area contributed by atoms with Gasteiger partial charge in [-0.1, -0.05) is 114 Å². The number of fused-ring (bicyclic) bond motifs is 1. The maximum Gasteiger partial charge on any atom is 0.246 e. The maximum absolute atomic E-state index is 15.0. The molecule has 1 spiro atoms. The van der Waals surface area contributed by atoms with Gasteiger partial charge in [0.2, 0.25) is 65.0 Å². The fraction of sp³-hybridized carbons (Fsp3) is 0.509. The monoisotopic (exact) mass is 1140 g/mol. The second-order valence-corrected chi connectivity index (χ2v) is 23.4. The quantitative estimate of drug-likeness (QED) is 0.0551. The van der Waals surface area contributed by atoms with Crippen molar-refractivity contribution in [3.63, 3.8) is 0 Å². The van der Waals surface area contributed by atoms with Crippen LogP contribution in [0.3, 0.4) is 0 Å². The van der Waals surface area contributed by atoms with E-state index >= 15 is 0 Å². The van der Waals surface area contributed by atoms with Crippen molar-refractivity contribution >= 4 is 97.3 Å². The largest absolute Gasteiger partial charge is 0.370 e. The summed E-state index contributed by atoms with van der Waals surface area (Å²) in [5, 5.41) is 20.6. The molecule has 432 valence electrons. The summed E-state index contributed by atoms with van der Waals surface area (Å²) in [7, 11) is 2.57. The Labute approximate surface area is 472 Å². The predicted octanol–water partition coefficient (Wildman–Crippen LogP) is -0.116. The molecule has 80 heavy (non-hydrogen) atoms. The molecule has 3 aliphatic rings. The van der Waals surface area contributed by atoms with E-state index in [9.17, 15) is 52.7 Å². The standard InChI is InChI=1S/C55H74N12O11S2/c56-25-10-7-19-37(48(72)60-31-46(59)70)63-53(77)43-20-12-26-67(43)54(78)42-32-79-80-55(23-8-2-9-24-55)30-47(71)61-40(28-35-17-11-16-34-15-5-6-18-36(34)35)51(75)64-39(27-33-13-3-1-4-14-33)50(74)62-38(21-22-44(57)68)49(73)65-41(29-45(58)69)52(76)66-42/h1,3-6,11,13-18,37-43H,2,7-10,12,19-32,56H2,(H2,57,68)(H2,58,69)(H2,59,70)(H,60,72)(H,61,71)(H,62,74)(H,63,77)(H,64,75)(H,65,73)(H,66,76)/t37-,38-,39-,40-,41-,42-,43-/m0/s1. The van der Waals surface area contributed by atoms with E-state index in [1.54, 1.807) is 30.3 Å². The van der Waals surface area contributed by atoms with Crippen molar-refractivity contribution in [2.75, 3.05) is 25.4 Å². The number of benzene rings is 3. The molecule has 2 saturated heterocycles. The average molecular weight is 1140 g/mol. The summed E-state index contributed by atoms with van der Waals surface area (Å²) in [5.41, 5.74) is 23.5. The van der Waals surface area contributed by atoms with Crippen LogP contribution in [0.4, 0.5) is 0 Å². The molecule has 1 saturated carbocycles. The van der Waals surface area contributed by atoms with E-state index in [-0.39, 0.29) is 50.8 Å². The lowest BCUT2D eigenvalue weighted by molar-refractivity contribution is -0.142. The van der Waals surface area contributed by atoms with Crippen LogP contribution >= 0.6 is 21.6 Å². The van der Waals surface area contributed by atoms with Gasteiger partial charge in [0.15, 0.2) is 0 Å². The number of primary amides is 3. The van der Waals surface area contributed by atoms with Crippen molar-refractivity contribution < 1.29 is 52.7 Å². The molecule has 6 rings (SSSR count). The number of hydrogen-bond acceptors (Lipinski definition) is 14. The molecule has 3 aromatic carbocycles. The highest BCUT2D eigenvalue weighted by Gasteiger charge is 2.42. The minimum Gasteiger partial charge on any atom is -0.370 e. The lowest BCUT2D eigenvalue weighted by Gasteiger charge is -2.37. The van der Waals surface area contributed by atoms with Crippen molar-refractivity contribution in [1.82, 2.24) is 42.1 Å². The van der Waals surface area contributed by atoms with Crippen LogP contribution in [-0.2, 0) is 65.6 Å². The fourth-order valence-electron chi connectivity index (χ4n) is 10.3. The highest BCUT2D eigenvalue weighted by Crippen LogP contribution is 2.48. The zero-order valence-corrected chi connectivity index (χ0v) is 46.3. The van der Waals surface area contributed by atoms with Gasteiger partial charge in [0.05, 0.1) is 13.0 Å². The third-order valence-corrected chi connectivity index (χ3v) is 17.7. The first kappa shape index (κ1) is 62.0. The molecule has 1 aliphatic carbocycles. The van der Waals surface area contributed by atoms with Gasteiger partial charge in [-0.2, -0.15) is 0 Å². The highest BCUT2D eigenvalue weighted by atomic mass is 33.1. The summed E-state index contributed by atoms with van der Waals surface area (Å²) in [4.78, 5) is 153. The van der Waals surface area contributed by atoms with Crippen molar-refractivity contribution in [3.05, 3.63) is 83.9 Å². The van der Waals surface area contributed by atoms with Crippen LogP contribution in [0.15, 0.2) is 72.8 Å². The summed E-state index contributed by atoms with van der Waals surface area (Å²) in [6.07, 6.45) is 3.58. The number of nitrogens with zero attached hydrogens (tertiary/aromatic N) is 1. The number of amides is 11. The van der Waals surface area contributed by atoms with Gasteiger partial charge in [-0.15, -0.1) is 0 Å². The second-order valence-electron chi connectivity index (χ2n) is 20.6. The van der Waals surface area contributed by atoms with Crippen molar-refractivity contribution in [2.45, 2.75) is 150 Å². The van der Waals surface area contributed by atoms with Crippen molar-refractivity contribution in [2.24, 2.45) is 22.9 Å². The van der Waals surface area contributed by atoms with E-state index in [0.717, 1.165) is 35.6 Å². The molecule has 23 nitrogen and oxygen atoms in total. The number of carbonyl (C=O) groups is 11. The molecule has 0 bridgehead atoms. The molecule has 25 heteroatoms. The molecule has 2 aliphatic heterocycles. The molecule has 0 aromatic heterocycles.